The summed E-state index contributed by atoms with van der Waals surface area (Å²) in [5.41, 5.74) is 7.78. The fraction of sp³-hybridized carbons (Fsp3) is 0.647. The van der Waals surface area contributed by atoms with Gasteiger partial charge in [-0.2, -0.15) is 0 Å². The third-order valence-corrected chi connectivity index (χ3v) is 5.03. The van der Waals surface area contributed by atoms with Gasteiger partial charge in [0, 0.05) is 42.7 Å². The van der Waals surface area contributed by atoms with Crippen LogP contribution in [0.25, 0.3) is 0 Å². The highest BCUT2D eigenvalue weighted by Crippen LogP contribution is 2.28. The SMILES string of the molecule is CCC(N)C(c1cccc(Br)c1)N1CCN(C(C)C)CC1. The van der Waals surface area contributed by atoms with E-state index >= 15 is 0 Å². The van der Waals surface area contributed by atoms with Gasteiger partial charge in [-0.25, -0.2) is 0 Å². The lowest BCUT2D eigenvalue weighted by atomic mass is 9.95. The van der Waals surface area contributed by atoms with Crippen LogP contribution in [0.15, 0.2) is 28.7 Å². The van der Waals surface area contributed by atoms with Crippen LogP contribution in [0.5, 0.6) is 0 Å². The summed E-state index contributed by atoms with van der Waals surface area (Å²) in [4.78, 5) is 5.11. The Morgan fingerprint density at radius 1 is 1.14 bits per heavy atom. The Kier molecular flexibility index (Phi) is 6.23. The third-order valence-electron chi connectivity index (χ3n) is 4.54. The molecular weight excluding hydrogens is 326 g/mol. The van der Waals surface area contributed by atoms with Crippen molar-refractivity contribution < 1.29 is 0 Å². The van der Waals surface area contributed by atoms with E-state index in [0.29, 0.717) is 12.1 Å². The Hall–Kier alpha value is -0.420. The van der Waals surface area contributed by atoms with E-state index in [4.69, 9.17) is 5.73 Å². The molecule has 0 spiro atoms. The topological polar surface area (TPSA) is 32.5 Å². The van der Waals surface area contributed by atoms with Crippen molar-refractivity contribution in [3.8, 4) is 0 Å². The van der Waals surface area contributed by atoms with Crippen molar-refractivity contribution in [1.29, 1.82) is 0 Å². The van der Waals surface area contributed by atoms with E-state index in [1.165, 1.54) is 5.56 Å². The minimum absolute atomic E-state index is 0.185. The lowest BCUT2D eigenvalue weighted by Crippen LogP contribution is -2.52. The molecule has 3 nitrogen and oxygen atoms in total. The van der Waals surface area contributed by atoms with Gasteiger partial charge in [0.2, 0.25) is 0 Å². The van der Waals surface area contributed by atoms with Crippen molar-refractivity contribution in [1.82, 2.24) is 9.80 Å². The Balaban J connectivity index is 2.14. The molecule has 1 saturated heterocycles. The van der Waals surface area contributed by atoms with Gasteiger partial charge in [0.1, 0.15) is 0 Å². The summed E-state index contributed by atoms with van der Waals surface area (Å²) >= 11 is 3.59. The van der Waals surface area contributed by atoms with Gasteiger partial charge in [-0.15, -0.1) is 0 Å². The van der Waals surface area contributed by atoms with Crippen molar-refractivity contribution >= 4 is 15.9 Å². The van der Waals surface area contributed by atoms with Crippen LogP contribution >= 0.6 is 15.9 Å². The number of nitrogens with two attached hydrogens (primary N) is 1. The maximum absolute atomic E-state index is 6.45. The van der Waals surface area contributed by atoms with Gasteiger partial charge in [-0.3, -0.25) is 9.80 Å². The maximum Gasteiger partial charge on any atom is 0.0500 e. The highest BCUT2D eigenvalue weighted by Gasteiger charge is 2.29. The molecule has 1 fully saturated rings. The van der Waals surface area contributed by atoms with E-state index in [2.05, 4.69) is 70.8 Å². The Morgan fingerprint density at radius 2 is 1.76 bits per heavy atom. The Bertz CT molecular complexity index is 441. The molecule has 118 valence electrons. The number of nitrogens with zero attached hydrogens (tertiary/aromatic N) is 2. The van der Waals surface area contributed by atoms with Crippen LogP contribution in [0.4, 0.5) is 0 Å². The van der Waals surface area contributed by atoms with Crippen LogP contribution in [-0.2, 0) is 0 Å². The standard InChI is InChI=1S/C17H28BrN3/c1-4-16(19)17(14-6-5-7-15(18)12-14)21-10-8-20(9-11-21)13(2)3/h5-7,12-13,16-17H,4,8-11,19H2,1-3H3. The summed E-state index contributed by atoms with van der Waals surface area (Å²) in [6.07, 6.45) is 1.00. The lowest BCUT2D eigenvalue weighted by molar-refractivity contribution is 0.0679. The lowest BCUT2D eigenvalue weighted by Gasteiger charge is -2.42. The highest BCUT2D eigenvalue weighted by molar-refractivity contribution is 9.10. The maximum atomic E-state index is 6.45. The number of hydrogen-bond donors (Lipinski definition) is 1. The first kappa shape index (κ1) is 16.9. The molecule has 1 aromatic rings. The second-order valence-electron chi connectivity index (χ2n) is 6.24. The molecule has 21 heavy (non-hydrogen) atoms. The third kappa shape index (κ3) is 4.28. The quantitative estimate of drug-likeness (QED) is 0.881. The predicted molar refractivity (Wildman–Crippen MR) is 93.4 cm³/mol. The minimum atomic E-state index is 0.185. The first-order chi connectivity index (χ1) is 10.0. The van der Waals surface area contributed by atoms with Crippen molar-refractivity contribution in [3.63, 3.8) is 0 Å². The molecule has 1 aromatic carbocycles. The van der Waals surface area contributed by atoms with Crippen LogP contribution in [0.1, 0.15) is 38.8 Å². The molecule has 0 radical (unpaired) electrons. The second kappa shape index (κ2) is 7.73. The number of hydrogen-bond acceptors (Lipinski definition) is 3. The van der Waals surface area contributed by atoms with E-state index < -0.39 is 0 Å². The van der Waals surface area contributed by atoms with E-state index in [-0.39, 0.29) is 6.04 Å². The van der Waals surface area contributed by atoms with Crippen LogP contribution in [0.2, 0.25) is 0 Å². The number of piperazine rings is 1. The van der Waals surface area contributed by atoms with Gasteiger partial charge < -0.3 is 5.73 Å². The number of benzene rings is 1. The van der Waals surface area contributed by atoms with Gasteiger partial charge in [0.25, 0.3) is 0 Å². The fourth-order valence-electron chi connectivity index (χ4n) is 3.17. The zero-order chi connectivity index (χ0) is 15.4. The normalized spacial score (nSPS) is 20.7. The molecule has 1 aliphatic heterocycles. The van der Waals surface area contributed by atoms with Gasteiger partial charge in [-0.05, 0) is 38.0 Å². The number of rotatable bonds is 5. The monoisotopic (exact) mass is 353 g/mol. The first-order valence-electron chi connectivity index (χ1n) is 8.02. The van der Waals surface area contributed by atoms with E-state index in [9.17, 15) is 0 Å². The molecular formula is C17H28BrN3. The largest absolute Gasteiger partial charge is 0.326 e. The molecule has 2 N–H and O–H groups in total. The van der Waals surface area contributed by atoms with Crippen LogP contribution in [0, 0.1) is 0 Å². The zero-order valence-electron chi connectivity index (χ0n) is 13.4. The van der Waals surface area contributed by atoms with Gasteiger partial charge in [0.05, 0.1) is 6.04 Å². The van der Waals surface area contributed by atoms with Crippen LogP contribution in [0.3, 0.4) is 0 Å². The molecule has 2 unspecified atom stereocenters. The van der Waals surface area contributed by atoms with Crippen molar-refractivity contribution in [2.75, 3.05) is 26.2 Å². The van der Waals surface area contributed by atoms with Gasteiger partial charge >= 0.3 is 0 Å². The van der Waals surface area contributed by atoms with E-state index in [0.717, 1.165) is 37.1 Å². The molecule has 0 saturated carbocycles. The summed E-state index contributed by atoms with van der Waals surface area (Å²) < 4.78 is 1.13. The summed E-state index contributed by atoms with van der Waals surface area (Å²) in [5.74, 6) is 0. The smallest absolute Gasteiger partial charge is 0.0500 e. The fourth-order valence-corrected chi connectivity index (χ4v) is 3.59. The van der Waals surface area contributed by atoms with Crippen LogP contribution < -0.4 is 5.73 Å². The molecule has 0 amide bonds. The molecule has 1 aliphatic rings. The average Bonchev–Trinajstić information content (AvgIpc) is 2.48. The molecule has 0 bridgehead atoms. The van der Waals surface area contributed by atoms with Crippen molar-refractivity contribution in [2.45, 2.75) is 45.3 Å². The predicted octanol–water partition coefficient (Wildman–Crippen LogP) is 3.25. The van der Waals surface area contributed by atoms with Gasteiger partial charge in [0.15, 0.2) is 0 Å². The summed E-state index contributed by atoms with van der Waals surface area (Å²) in [7, 11) is 0. The minimum Gasteiger partial charge on any atom is -0.326 e. The van der Waals surface area contributed by atoms with Gasteiger partial charge in [-0.1, -0.05) is 35.0 Å². The zero-order valence-corrected chi connectivity index (χ0v) is 15.0. The molecule has 4 heteroatoms. The molecule has 0 aromatic heterocycles. The Labute approximate surface area is 137 Å². The summed E-state index contributed by atoms with van der Waals surface area (Å²) in [6, 6.07) is 9.76. The summed E-state index contributed by atoms with van der Waals surface area (Å²) in [5, 5.41) is 0. The second-order valence-corrected chi connectivity index (χ2v) is 7.15. The molecule has 2 atom stereocenters. The van der Waals surface area contributed by atoms with Crippen molar-refractivity contribution in [2.24, 2.45) is 5.73 Å². The number of halogens is 1. The van der Waals surface area contributed by atoms with E-state index in [1.807, 2.05) is 0 Å². The molecule has 1 heterocycles. The first-order valence-corrected chi connectivity index (χ1v) is 8.81. The molecule has 0 aliphatic carbocycles. The Morgan fingerprint density at radius 3 is 2.29 bits per heavy atom. The van der Waals surface area contributed by atoms with Crippen molar-refractivity contribution in [3.05, 3.63) is 34.3 Å². The van der Waals surface area contributed by atoms with E-state index in [1.54, 1.807) is 0 Å². The molecule has 2 rings (SSSR count). The summed E-state index contributed by atoms with van der Waals surface area (Å²) in [6.45, 7) is 11.2. The highest BCUT2D eigenvalue weighted by atomic mass is 79.9. The van der Waals surface area contributed by atoms with Crippen LogP contribution in [-0.4, -0.2) is 48.1 Å². The average molecular weight is 354 g/mol.